The Bertz CT molecular complexity index is 460. The number of nitrogens with zero attached hydrogens (tertiary/aromatic N) is 2. The number of hydrogen-bond donors (Lipinski definition) is 2. The van der Waals surface area contributed by atoms with E-state index in [1.165, 1.54) is 38.5 Å². The third kappa shape index (κ3) is 4.56. The molecule has 0 spiro atoms. The van der Waals surface area contributed by atoms with E-state index in [1.807, 2.05) is 6.92 Å². The van der Waals surface area contributed by atoms with Crippen molar-refractivity contribution in [3.63, 3.8) is 0 Å². The molecule has 1 saturated carbocycles. The summed E-state index contributed by atoms with van der Waals surface area (Å²) in [6.07, 6.45) is 8.61. The number of hydrazine groups is 1. The summed E-state index contributed by atoms with van der Waals surface area (Å²) < 4.78 is 6.04. The van der Waals surface area contributed by atoms with Crippen molar-refractivity contribution in [2.75, 3.05) is 5.43 Å². The molecule has 0 amide bonds. The molecule has 0 aliphatic heterocycles. The van der Waals surface area contributed by atoms with Gasteiger partial charge in [-0.3, -0.25) is 0 Å². The molecule has 0 radical (unpaired) electrons. The number of aromatic nitrogens is 2. The van der Waals surface area contributed by atoms with Gasteiger partial charge in [0, 0.05) is 5.92 Å². The summed E-state index contributed by atoms with van der Waals surface area (Å²) in [4.78, 5) is 9.08. The normalized spacial score (nSPS) is 15.8. The molecule has 1 aliphatic rings. The Morgan fingerprint density at radius 2 is 2.05 bits per heavy atom. The lowest BCUT2D eigenvalue weighted by Crippen LogP contribution is -2.17. The van der Waals surface area contributed by atoms with E-state index in [9.17, 15) is 0 Å². The largest absolute Gasteiger partial charge is 0.474 e. The van der Waals surface area contributed by atoms with Gasteiger partial charge in [-0.05, 0) is 39.5 Å². The third-order valence-corrected chi connectivity index (χ3v) is 3.97. The number of unbranched alkanes of at least 4 members (excludes halogenated alkanes) is 3. The van der Waals surface area contributed by atoms with Gasteiger partial charge in [0.15, 0.2) is 0 Å². The summed E-state index contributed by atoms with van der Waals surface area (Å²) in [5, 5.41) is 0. The summed E-state index contributed by atoms with van der Waals surface area (Å²) in [6.45, 7) is 6.29. The topological polar surface area (TPSA) is 73.1 Å². The van der Waals surface area contributed by atoms with Crippen LogP contribution in [0.3, 0.4) is 0 Å². The molecule has 1 heterocycles. The molecule has 21 heavy (non-hydrogen) atoms. The smallest absolute Gasteiger partial charge is 0.222 e. The van der Waals surface area contributed by atoms with Gasteiger partial charge in [0.05, 0.1) is 11.7 Å². The Morgan fingerprint density at radius 3 is 2.67 bits per heavy atom. The highest BCUT2D eigenvalue weighted by molar-refractivity contribution is 5.48. The van der Waals surface area contributed by atoms with Gasteiger partial charge in [0.2, 0.25) is 5.88 Å². The van der Waals surface area contributed by atoms with Crippen LogP contribution in [0.2, 0.25) is 0 Å². The van der Waals surface area contributed by atoms with Crippen LogP contribution >= 0.6 is 0 Å². The Morgan fingerprint density at radius 1 is 1.29 bits per heavy atom. The molecule has 118 valence electrons. The maximum absolute atomic E-state index is 6.04. The number of rotatable bonds is 9. The molecule has 1 fully saturated rings. The van der Waals surface area contributed by atoms with Crippen molar-refractivity contribution < 1.29 is 4.74 Å². The highest BCUT2D eigenvalue weighted by Crippen LogP contribution is 2.40. The zero-order valence-corrected chi connectivity index (χ0v) is 13.5. The van der Waals surface area contributed by atoms with Crippen LogP contribution in [0.1, 0.15) is 76.1 Å². The Labute approximate surface area is 127 Å². The minimum Gasteiger partial charge on any atom is -0.474 e. The van der Waals surface area contributed by atoms with E-state index in [2.05, 4.69) is 29.2 Å². The molecule has 5 nitrogen and oxygen atoms in total. The fourth-order valence-electron chi connectivity index (χ4n) is 2.40. The standard InChI is InChI=1S/C16H28N4O/c1-4-5-6-7-8-11(2)21-16-12(3)14(20-17)18-15(19-16)13-9-10-13/h11,13H,4-10,17H2,1-3H3,(H,18,19,20). The predicted octanol–water partition coefficient (Wildman–Crippen LogP) is 3.69. The van der Waals surface area contributed by atoms with Gasteiger partial charge >= 0.3 is 0 Å². The fourth-order valence-corrected chi connectivity index (χ4v) is 2.40. The highest BCUT2D eigenvalue weighted by Gasteiger charge is 2.28. The van der Waals surface area contributed by atoms with E-state index in [0.29, 0.717) is 17.6 Å². The van der Waals surface area contributed by atoms with E-state index in [-0.39, 0.29) is 6.10 Å². The number of ether oxygens (including phenoxy) is 1. The summed E-state index contributed by atoms with van der Waals surface area (Å²) in [7, 11) is 0. The number of nitrogens with two attached hydrogens (primary N) is 1. The summed E-state index contributed by atoms with van der Waals surface area (Å²) in [6, 6.07) is 0. The lowest BCUT2D eigenvalue weighted by atomic mass is 10.1. The van der Waals surface area contributed by atoms with Gasteiger partial charge < -0.3 is 10.2 Å². The monoisotopic (exact) mass is 292 g/mol. The van der Waals surface area contributed by atoms with Crippen molar-refractivity contribution in [2.45, 2.75) is 77.7 Å². The summed E-state index contributed by atoms with van der Waals surface area (Å²) in [5.74, 6) is 8.27. The molecule has 0 aromatic carbocycles. The van der Waals surface area contributed by atoms with E-state index in [0.717, 1.165) is 17.8 Å². The van der Waals surface area contributed by atoms with Crippen LogP contribution in [0, 0.1) is 6.92 Å². The minimum absolute atomic E-state index is 0.174. The maximum Gasteiger partial charge on any atom is 0.222 e. The molecule has 1 unspecified atom stereocenters. The molecular formula is C16H28N4O. The maximum atomic E-state index is 6.04. The van der Waals surface area contributed by atoms with Crippen molar-refractivity contribution in [3.05, 3.63) is 11.4 Å². The zero-order chi connectivity index (χ0) is 15.2. The number of nitrogens with one attached hydrogen (secondary N) is 1. The molecule has 1 aromatic heterocycles. The zero-order valence-electron chi connectivity index (χ0n) is 13.5. The SMILES string of the molecule is CCCCCCC(C)Oc1nc(C2CC2)nc(NN)c1C. The molecule has 0 bridgehead atoms. The Kier molecular flexibility index (Phi) is 5.79. The third-order valence-electron chi connectivity index (χ3n) is 3.97. The number of nitrogen functional groups attached to an aromatic ring is 1. The molecule has 2 rings (SSSR count). The molecule has 1 atom stereocenters. The van der Waals surface area contributed by atoms with Gasteiger partial charge in [0.1, 0.15) is 11.6 Å². The van der Waals surface area contributed by atoms with Gasteiger partial charge in [-0.2, -0.15) is 4.98 Å². The van der Waals surface area contributed by atoms with Gasteiger partial charge in [-0.1, -0.05) is 26.2 Å². The van der Waals surface area contributed by atoms with Crippen molar-refractivity contribution in [3.8, 4) is 5.88 Å². The Balaban J connectivity index is 1.99. The van der Waals surface area contributed by atoms with Crippen LogP contribution in [0.15, 0.2) is 0 Å². The van der Waals surface area contributed by atoms with Crippen molar-refractivity contribution in [1.82, 2.24) is 9.97 Å². The van der Waals surface area contributed by atoms with Crippen LogP contribution in [-0.4, -0.2) is 16.1 Å². The van der Waals surface area contributed by atoms with Crippen molar-refractivity contribution >= 4 is 5.82 Å². The number of anilines is 1. The van der Waals surface area contributed by atoms with Crippen LogP contribution in [-0.2, 0) is 0 Å². The molecule has 1 aliphatic carbocycles. The first kappa shape index (κ1) is 16.0. The lowest BCUT2D eigenvalue weighted by Gasteiger charge is -2.17. The fraction of sp³-hybridized carbons (Fsp3) is 0.750. The van der Waals surface area contributed by atoms with Gasteiger partial charge in [-0.25, -0.2) is 10.8 Å². The number of hydrogen-bond acceptors (Lipinski definition) is 5. The molecule has 5 heteroatoms. The average Bonchev–Trinajstić information content (AvgIpc) is 3.30. The van der Waals surface area contributed by atoms with Crippen molar-refractivity contribution in [2.24, 2.45) is 5.84 Å². The quantitative estimate of drug-likeness (QED) is 0.412. The molecule has 0 saturated heterocycles. The highest BCUT2D eigenvalue weighted by atomic mass is 16.5. The molecule has 3 N–H and O–H groups in total. The summed E-state index contributed by atoms with van der Waals surface area (Å²) in [5.41, 5.74) is 3.55. The second-order valence-electron chi connectivity index (χ2n) is 6.06. The predicted molar refractivity (Wildman–Crippen MR) is 85.4 cm³/mol. The first-order valence-electron chi connectivity index (χ1n) is 8.17. The molecule has 1 aromatic rings. The van der Waals surface area contributed by atoms with Crippen LogP contribution in [0.4, 0.5) is 5.82 Å². The van der Waals surface area contributed by atoms with E-state index >= 15 is 0 Å². The summed E-state index contributed by atoms with van der Waals surface area (Å²) >= 11 is 0. The van der Waals surface area contributed by atoms with E-state index in [1.54, 1.807) is 0 Å². The van der Waals surface area contributed by atoms with Crippen LogP contribution in [0.25, 0.3) is 0 Å². The van der Waals surface area contributed by atoms with Gasteiger partial charge in [0.25, 0.3) is 0 Å². The van der Waals surface area contributed by atoms with Gasteiger partial charge in [-0.15, -0.1) is 0 Å². The molecular weight excluding hydrogens is 264 g/mol. The first-order valence-corrected chi connectivity index (χ1v) is 8.17. The Hall–Kier alpha value is -1.36. The minimum atomic E-state index is 0.174. The first-order chi connectivity index (χ1) is 10.2. The van der Waals surface area contributed by atoms with Crippen molar-refractivity contribution in [1.29, 1.82) is 0 Å². The second-order valence-corrected chi connectivity index (χ2v) is 6.06. The van der Waals surface area contributed by atoms with E-state index in [4.69, 9.17) is 10.6 Å². The van der Waals surface area contributed by atoms with Crippen LogP contribution < -0.4 is 16.0 Å². The van der Waals surface area contributed by atoms with E-state index < -0.39 is 0 Å². The second kappa shape index (κ2) is 7.59. The average molecular weight is 292 g/mol. The van der Waals surface area contributed by atoms with Crippen LogP contribution in [0.5, 0.6) is 5.88 Å². The lowest BCUT2D eigenvalue weighted by molar-refractivity contribution is 0.196.